The molecule has 0 aliphatic rings. The molecular formula is C21H43KO4S. The molecule has 0 aliphatic carbocycles. The first-order chi connectivity index (χ1) is 12.4. The van der Waals surface area contributed by atoms with Crippen LogP contribution in [0.4, 0.5) is 0 Å². The summed E-state index contributed by atoms with van der Waals surface area (Å²) in [6.45, 7) is 4.38. The van der Waals surface area contributed by atoms with E-state index in [1.54, 1.807) is 0 Å². The van der Waals surface area contributed by atoms with E-state index in [-0.39, 0.29) is 51.4 Å². The van der Waals surface area contributed by atoms with Gasteiger partial charge in [-0.3, -0.25) is 0 Å². The van der Waals surface area contributed by atoms with Crippen LogP contribution in [0.3, 0.4) is 0 Å². The van der Waals surface area contributed by atoms with E-state index in [0.29, 0.717) is 19.3 Å². The van der Waals surface area contributed by atoms with Gasteiger partial charge in [-0.25, -0.2) is 8.42 Å². The molecule has 158 valence electrons. The zero-order valence-corrected chi connectivity index (χ0v) is 22.2. The third-order valence-electron chi connectivity index (χ3n) is 5.25. The van der Waals surface area contributed by atoms with E-state index in [4.69, 9.17) is 0 Å². The first-order valence-corrected chi connectivity index (χ1v) is 12.5. The molecule has 0 aliphatic heterocycles. The van der Waals surface area contributed by atoms with Gasteiger partial charge in [0.1, 0.15) is 10.1 Å². The Hall–Kier alpha value is 1.51. The number of unbranched alkanes of at least 4 members (excludes halogenated alkanes) is 13. The fourth-order valence-corrected chi connectivity index (χ4v) is 4.48. The summed E-state index contributed by atoms with van der Waals surface area (Å²) in [6, 6.07) is 0. The minimum Gasteiger partial charge on any atom is -0.748 e. The van der Waals surface area contributed by atoms with E-state index in [1.165, 1.54) is 57.8 Å². The molecule has 0 heterocycles. The standard InChI is InChI=1S/C21H44O4S.K/c1-3-5-7-9-11-12-13-15-17-19-21(26(23,24)25)20(22)18-16-14-10-8-6-4-2;/h20-22H,3-19H2,1-2H3,(H,23,24,25);/q;+1/p-1. The number of rotatable bonds is 19. The molecule has 0 aromatic heterocycles. The molecule has 0 aromatic rings. The Labute approximate surface area is 211 Å². The second-order valence-electron chi connectivity index (χ2n) is 7.77. The molecule has 2 atom stereocenters. The van der Waals surface area contributed by atoms with E-state index in [9.17, 15) is 18.1 Å². The Kier molecular flexibility index (Phi) is 23.6. The van der Waals surface area contributed by atoms with Gasteiger partial charge >= 0.3 is 51.4 Å². The van der Waals surface area contributed by atoms with E-state index < -0.39 is 21.5 Å². The van der Waals surface area contributed by atoms with Crippen LogP contribution >= 0.6 is 0 Å². The van der Waals surface area contributed by atoms with E-state index in [1.807, 2.05) is 0 Å². The second kappa shape index (κ2) is 20.8. The molecule has 0 rings (SSSR count). The van der Waals surface area contributed by atoms with Crippen molar-refractivity contribution in [1.29, 1.82) is 0 Å². The first-order valence-electron chi connectivity index (χ1n) is 11.1. The largest absolute Gasteiger partial charge is 1.00 e. The van der Waals surface area contributed by atoms with Crippen molar-refractivity contribution in [3.05, 3.63) is 0 Å². The zero-order valence-electron chi connectivity index (χ0n) is 18.3. The van der Waals surface area contributed by atoms with Crippen molar-refractivity contribution in [3.8, 4) is 0 Å². The molecule has 0 fully saturated rings. The van der Waals surface area contributed by atoms with Crippen LogP contribution in [0.25, 0.3) is 0 Å². The van der Waals surface area contributed by atoms with Crippen molar-refractivity contribution in [2.24, 2.45) is 0 Å². The summed E-state index contributed by atoms with van der Waals surface area (Å²) >= 11 is 0. The van der Waals surface area contributed by atoms with Crippen LogP contribution in [0, 0.1) is 0 Å². The summed E-state index contributed by atoms with van der Waals surface area (Å²) in [4.78, 5) is 0. The van der Waals surface area contributed by atoms with Crippen LogP contribution in [-0.4, -0.2) is 29.4 Å². The normalized spacial score (nSPS) is 13.9. The van der Waals surface area contributed by atoms with Gasteiger partial charge in [0.25, 0.3) is 0 Å². The molecule has 2 unspecified atom stereocenters. The maximum Gasteiger partial charge on any atom is 1.00 e. The third-order valence-corrected chi connectivity index (χ3v) is 6.54. The Morgan fingerprint density at radius 3 is 1.37 bits per heavy atom. The van der Waals surface area contributed by atoms with Gasteiger partial charge in [0.2, 0.25) is 0 Å². The summed E-state index contributed by atoms with van der Waals surface area (Å²) in [6.07, 6.45) is 16.6. The van der Waals surface area contributed by atoms with Crippen LogP contribution in [0.1, 0.15) is 123 Å². The number of hydrogen-bond acceptors (Lipinski definition) is 4. The molecule has 0 saturated carbocycles. The van der Waals surface area contributed by atoms with Crippen molar-refractivity contribution in [3.63, 3.8) is 0 Å². The SMILES string of the molecule is CCCCCCCCCCCC(C(O)CCCCCCCC)S(=O)(=O)[O-].[K+]. The summed E-state index contributed by atoms with van der Waals surface area (Å²) < 4.78 is 34.5. The van der Waals surface area contributed by atoms with Crippen molar-refractivity contribution in [1.82, 2.24) is 0 Å². The first kappa shape index (κ1) is 30.7. The number of aliphatic hydroxyl groups excluding tert-OH is 1. The Morgan fingerprint density at radius 2 is 1.00 bits per heavy atom. The molecule has 27 heavy (non-hydrogen) atoms. The molecule has 1 N–H and O–H groups in total. The van der Waals surface area contributed by atoms with Crippen LogP contribution in [-0.2, 0) is 10.1 Å². The average Bonchev–Trinajstić information content (AvgIpc) is 2.58. The van der Waals surface area contributed by atoms with Crippen LogP contribution in [0.5, 0.6) is 0 Å². The van der Waals surface area contributed by atoms with Gasteiger partial charge in [-0.05, 0) is 12.8 Å². The van der Waals surface area contributed by atoms with Crippen LogP contribution in [0.2, 0.25) is 0 Å². The average molecular weight is 431 g/mol. The summed E-state index contributed by atoms with van der Waals surface area (Å²) in [5, 5.41) is 9.07. The number of aliphatic hydroxyl groups is 1. The monoisotopic (exact) mass is 430 g/mol. The van der Waals surface area contributed by atoms with Gasteiger partial charge in [-0.1, -0.05) is 110 Å². The topological polar surface area (TPSA) is 77.4 Å². The molecular weight excluding hydrogens is 387 g/mol. The van der Waals surface area contributed by atoms with Gasteiger partial charge in [0.05, 0.1) is 11.4 Å². The molecule has 6 heteroatoms. The van der Waals surface area contributed by atoms with Crippen LogP contribution in [0.15, 0.2) is 0 Å². The van der Waals surface area contributed by atoms with Crippen molar-refractivity contribution < 1.29 is 69.5 Å². The molecule has 0 aromatic carbocycles. The second-order valence-corrected chi connectivity index (χ2v) is 9.36. The van der Waals surface area contributed by atoms with Crippen LogP contribution < -0.4 is 51.4 Å². The third kappa shape index (κ3) is 19.2. The Balaban J connectivity index is 0. The van der Waals surface area contributed by atoms with Gasteiger partial charge in [-0.2, -0.15) is 0 Å². The summed E-state index contributed by atoms with van der Waals surface area (Å²) in [5.41, 5.74) is 0. The fraction of sp³-hybridized carbons (Fsp3) is 1.00. The van der Waals surface area contributed by atoms with Crippen molar-refractivity contribution in [2.45, 2.75) is 134 Å². The maximum atomic E-state index is 11.5. The maximum absolute atomic E-state index is 11.5. The van der Waals surface area contributed by atoms with Gasteiger partial charge in [-0.15, -0.1) is 0 Å². The zero-order chi connectivity index (χ0) is 19.7. The minimum atomic E-state index is -4.42. The van der Waals surface area contributed by atoms with E-state index in [2.05, 4.69) is 13.8 Å². The molecule has 0 spiro atoms. The quantitative estimate of drug-likeness (QED) is 0.194. The van der Waals surface area contributed by atoms with E-state index in [0.717, 1.165) is 32.1 Å². The molecule has 0 radical (unpaired) electrons. The predicted octanol–water partition coefficient (Wildman–Crippen LogP) is 2.94. The molecule has 0 saturated heterocycles. The van der Waals surface area contributed by atoms with Gasteiger partial charge < -0.3 is 9.66 Å². The molecule has 0 amide bonds. The Bertz CT molecular complexity index is 401. The van der Waals surface area contributed by atoms with Crippen molar-refractivity contribution >= 4 is 10.1 Å². The van der Waals surface area contributed by atoms with Gasteiger partial charge in [0, 0.05) is 0 Å². The molecule has 0 bridgehead atoms. The van der Waals surface area contributed by atoms with Crippen molar-refractivity contribution in [2.75, 3.05) is 0 Å². The number of hydrogen-bond donors (Lipinski definition) is 1. The summed E-state index contributed by atoms with van der Waals surface area (Å²) in [7, 11) is -4.42. The van der Waals surface area contributed by atoms with E-state index >= 15 is 0 Å². The smallest absolute Gasteiger partial charge is 0.748 e. The predicted molar refractivity (Wildman–Crippen MR) is 109 cm³/mol. The molecule has 4 nitrogen and oxygen atoms in total. The summed E-state index contributed by atoms with van der Waals surface area (Å²) in [5.74, 6) is 0. The van der Waals surface area contributed by atoms with Gasteiger partial charge in [0.15, 0.2) is 0 Å². The Morgan fingerprint density at radius 1 is 0.667 bits per heavy atom. The fourth-order valence-electron chi connectivity index (χ4n) is 3.50. The minimum absolute atomic E-state index is 0.